The topological polar surface area (TPSA) is 44.0 Å². The molecule has 1 rings (SSSR count). The van der Waals surface area contributed by atoms with Gasteiger partial charge in [0.15, 0.2) is 0 Å². The molecule has 3 heteroatoms. The lowest BCUT2D eigenvalue weighted by molar-refractivity contribution is 0.196. The Morgan fingerprint density at radius 3 is 2.67 bits per heavy atom. The van der Waals surface area contributed by atoms with Crippen LogP contribution in [-0.2, 0) is 5.75 Å². The van der Waals surface area contributed by atoms with Crippen LogP contribution in [0.5, 0.6) is 0 Å². The molecule has 0 bridgehead atoms. The van der Waals surface area contributed by atoms with E-state index >= 15 is 0 Å². The van der Waals surface area contributed by atoms with E-state index in [1.165, 1.54) is 0 Å². The second kappa shape index (κ2) is 5.79. The van der Waals surface area contributed by atoms with Gasteiger partial charge in [0.1, 0.15) is 0 Å². The van der Waals surface area contributed by atoms with Crippen molar-refractivity contribution in [2.24, 2.45) is 0 Å². The molecule has 0 unspecified atom stereocenters. The first kappa shape index (κ1) is 12.1. The van der Waals surface area contributed by atoms with Crippen molar-refractivity contribution >= 4 is 11.8 Å². The highest BCUT2D eigenvalue weighted by Gasteiger charge is 2.10. The molecule has 0 amide bonds. The molecule has 0 fully saturated rings. The van der Waals surface area contributed by atoms with Crippen LogP contribution in [0.3, 0.4) is 0 Å². The fourth-order valence-corrected chi connectivity index (χ4v) is 2.09. The summed E-state index contributed by atoms with van der Waals surface area (Å²) in [5.74, 6) is 0.774. The van der Waals surface area contributed by atoms with Gasteiger partial charge >= 0.3 is 0 Å². The molecule has 0 spiro atoms. The predicted molar refractivity (Wildman–Crippen MR) is 63.6 cm³/mol. The summed E-state index contributed by atoms with van der Waals surface area (Å²) in [4.78, 5) is 0. The van der Waals surface area contributed by atoms with Crippen molar-refractivity contribution in [1.82, 2.24) is 0 Å². The molecule has 80 valence electrons. The van der Waals surface area contributed by atoms with E-state index < -0.39 is 0 Å². The Kier molecular flexibility index (Phi) is 4.67. The molecule has 2 nitrogen and oxygen atoms in total. The average molecular weight is 221 g/mol. The maximum Gasteiger partial charge on any atom is 0.0994 e. The van der Waals surface area contributed by atoms with Crippen LogP contribution in [0.2, 0.25) is 0 Å². The first-order valence-electron chi connectivity index (χ1n) is 4.93. The highest BCUT2D eigenvalue weighted by Crippen LogP contribution is 2.21. The lowest BCUT2D eigenvalue weighted by atomic mass is 10.1. The van der Waals surface area contributed by atoms with Crippen LogP contribution in [0.15, 0.2) is 24.3 Å². The minimum Gasteiger partial charge on any atom is -0.392 e. The zero-order chi connectivity index (χ0) is 11.3. The summed E-state index contributed by atoms with van der Waals surface area (Å²) in [6.45, 7) is 3.78. The Balaban J connectivity index is 2.62. The third-order valence-electron chi connectivity index (χ3n) is 2.32. The second-order valence-electron chi connectivity index (χ2n) is 3.53. The molecule has 2 atom stereocenters. The highest BCUT2D eigenvalue weighted by molar-refractivity contribution is 7.99. The van der Waals surface area contributed by atoms with Gasteiger partial charge in [-0.25, -0.2) is 0 Å². The van der Waals surface area contributed by atoms with E-state index in [9.17, 15) is 5.11 Å². The molecule has 0 aliphatic rings. The van der Waals surface area contributed by atoms with Crippen molar-refractivity contribution in [2.75, 3.05) is 0 Å². The quantitative estimate of drug-likeness (QED) is 0.849. The van der Waals surface area contributed by atoms with Crippen LogP contribution in [0.1, 0.15) is 25.0 Å². The molecule has 0 aromatic heterocycles. The minimum atomic E-state index is -0.316. The van der Waals surface area contributed by atoms with E-state index in [4.69, 9.17) is 5.26 Å². The SMILES string of the molecule is C[C@H](O)[C@H](C)SCc1ccccc1C#N. The Bertz CT molecular complexity index is 357. The zero-order valence-electron chi connectivity index (χ0n) is 8.97. The minimum absolute atomic E-state index is 0.191. The number of rotatable bonds is 4. The van der Waals surface area contributed by atoms with Crippen LogP contribution in [0.4, 0.5) is 0 Å². The number of nitriles is 1. The molecule has 0 radical (unpaired) electrons. The largest absolute Gasteiger partial charge is 0.392 e. The zero-order valence-corrected chi connectivity index (χ0v) is 9.79. The third-order valence-corrected chi connectivity index (χ3v) is 3.72. The van der Waals surface area contributed by atoms with Crippen molar-refractivity contribution < 1.29 is 5.11 Å². The smallest absolute Gasteiger partial charge is 0.0994 e. The summed E-state index contributed by atoms with van der Waals surface area (Å²) in [6.07, 6.45) is -0.316. The fourth-order valence-electron chi connectivity index (χ4n) is 1.12. The van der Waals surface area contributed by atoms with Gasteiger partial charge < -0.3 is 5.11 Å². The van der Waals surface area contributed by atoms with Gasteiger partial charge in [0.25, 0.3) is 0 Å². The molecule has 0 aliphatic heterocycles. The van der Waals surface area contributed by atoms with Crippen LogP contribution in [0.25, 0.3) is 0 Å². The van der Waals surface area contributed by atoms with Crippen molar-refractivity contribution in [3.05, 3.63) is 35.4 Å². The number of thioether (sulfide) groups is 1. The number of hydrogen-bond donors (Lipinski definition) is 1. The number of hydrogen-bond acceptors (Lipinski definition) is 3. The van der Waals surface area contributed by atoms with Gasteiger partial charge in [-0.1, -0.05) is 25.1 Å². The predicted octanol–water partition coefficient (Wildman–Crippen LogP) is 2.56. The number of aliphatic hydroxyl groups is 1. The highest BCUT2D eigenvalue weighted by atomic mass is 32.2. The second-order valence-corrected chi connectivity index (χ2v) is 4.89. The Hall–Kier alpha value is -0.980. The molecule has 0 aliphatic carbocycles. The summed E-state index contributed by atoms with van der Waals surface area (Å²) < 4.78 is 0. The maximum atomic E-state index is 9.34. The number of nitrogens with zero attached hydrogens (tertiary/aromatic N) is 1. The lowest BCUT2D eigenvalue weighted by Crippen LogP contribution is -2.15. The van der Waals surface area contributed by atoms with E-state index in [1.807, 2.05) is 31.2 Å². The van der Waals surface area contributed by atoms with E-state index in [-0.39, 0.29) is 11.4 Å². The van der Waals surface area contributed by atoms with E-state index in [1.54, 1.807) is 18.7 Å². The monoisotopic (exact) mass is 221 g/mol. The standard InChI is InChI=1S/C12H15NOS/c1-9(14)10(2)15-8-12-6-4-3-5-11(12)7-13/h3-6,9-10,14H,8H2,1-2H3/t9-,10-/m0/s1. The van der Waals surface area contributed by atoms with Crippen LogP contribution >= 0.6 is 11.8 Å². The molecule has 15 heavy (non-hydrogen) atoms. The fraction of sp³-hybridized carbons (Fsp3) is 0.417. The van der Waals surface area contributed by atoms with Gasteiger partial charge in [0.05, 0.1) is 17.7 Å². The first-order valence-corrected chi connectivity index (χ1v) is 5.97. The summed E-state index contributed by atoms with van der Waals surface area (Å²) in [6, 6.07) is 9.75. The summed E-state index contributed by atoms with van der Waals surface area (Å²) in [7, 11) is 0. The molecular weight excluding hydrogens is 206 g/mol. The third kappa shape index (κ3) is 3.58. The van der Waals surface area contributed by atoms with Gasteiger partial charge in [-0.2, -0.15) is 17.0 Å². The summed E-state index contributed by atoms with van der Waals surface area (Å²) >= 11 is 1.67. The van der Waals surface area contributed by atoms with Crippen LogP contribution < -0.4 is 0 Å². The molecule has 0 saturated carbocycles. The summed E-state index contributed by atoms with van der Waals surface area (Å²) in [5.41, 5.74) is 1.76. The van der Waals surface area contributed by atoms with Gasteiger partial charge in [0.2, 0.25) is 0 Å². The Labute approximate surface area is 94.9 Å². The number of aliphatic hydroxyl groups excluding tert-OH is 1. The van der Waals surface area contributed by atoms with Crippen LogP contribution in [0, 0.1) is 11.3 Å². The molecule has 0 saturated heterocycles. The molecular formula is C12H15NOS. The average Bonchev–Trinajstić information content (AvgIpc) is 2.26. The van der Waals surface area contributed by atoms with Gasteiger partial charge in [-0.05, 0) is 18.6 Å². The van der Waals surface area contributed by atoms with Gasteiger partial charge in [-0.15, -0.1) is 0 Å². The van der Waals surface area contributed by atoms with E-state index in [0.29, 0.717) is 0 Å². The maximum absolute atomic E-state index is 9.34. The first-order chi connectivity index (χ1) is 7.15. The lowest BCUT2D eigenvalue weighted by Gasteiger charge is -2.14. The van der Waals surface area contributed by atoms with Crippen molar-refractivity contribution in [1.29, 1.82) is 5.26 Å². The van der Waals surface area contributed by atoms with Gasteiger partial charge in [0, 0.05) is 11.0 Å². The molecule has 1 N–H and O–H groups in total. The Morgan fingerprint density at radius 2 is 2.07 bits per heavy atom. The Morgan fingerprint density at radius 1 is 1.40 bits per heavy atom. The van der Waals surface area contributed by atoms with E-state index in [0.717, 1.165) is 16.9 Å². The molecule has 1 aromatic carbocycles. The van der Waals surface area contributed by atoms with E-state index in [2.05, 4.69) is 6.07 Å². The summed E-state index contributed by atoms with van der Waals surface area (Å²) in [5, 5.41) is 18.4. The normalized spacial score (nSPS) is 14.3. The van der Waals surface area contributed by atoms with Crippen molar-refractivity contribution in [3.8, 4) is 6.07 Å². The van der Waals surface area contributed by atoms with Gasteiger partial charge in [-0.3, -0.25) is 0 Å². The molecule has 1 aromatic rings. The van der Waals surface area contributed by atoms with Crippen molar-refractivity contribution in [2.45, 2.75) is 31.0 Å². The molecule has 0 heterocycles. The van der Waals surface area contributed by atoms with Crippen LogP contribution in [-0.4, -0.2) is 16.5 Å². The number of benzene rings is 1. The van der Waals surface area contributed by atoms with Crippen molar-refractivity contribution in [3.63, 3.8) is 0 Å².